The van der Waals surface area contributed by atoms with Gasteiger partial charge in [-0.2, -0.15) is 0 Å². The molecule has 0 aromatic heterocycles. The average molecular weight is 119 g/mol. The summed E-state index contributed by atoms with van der Waals surface area (Å²) >= 11 is 0. The second-order valence-electron chi connectivity index (χ2n) is 0.866. The van der Waals surface area contributed by atoms with Crippen molar-refractivity contribution >= 4 is 6.16 Å². The molecule has 0 radical (unpaired) electrons. The minimum atomic E-state index is -1.26. The van der Waals surface area contributed by atoms with Gasteiger partial charge < -0.3 is 16.0 Å². The highest BCUT2D eigenvalue weighted by molar-refractivity contribution is 5.56. The minimum absolute atomic E-state index is 0. The summed E-state index contributed by atoms with van der Waals surface area (Å²) in [6, 6.07) is 0. The van der Waals surface area contributed by atoms with E-state index in [0.29, 0.717) is 0 Å². The zero-order valence-corrected chi connectivity index (χ0v) is 4.46. The Kier molecular flexibility index (Phi) is 7.51. The molecule has 0 heterocycles. The van der Waals surface area contributed by atoms with Crippen LogP contribution in [-0.2, 0) is 4.74 Å². The van der Waals surface area contributed by atoms with Crippen LogP contribution in [0.4, 0.5) is 4.79 Å². The van der Waals surface area contributed by atoms with E-state index in [9.17, 15) is 4.79 Å². The lowest BCUT2D eigenvalue weighted by Gasteiger charge is -1.88. The zero-order chi connectivity index (χ0) is 5.70. The van der Waals surface area contributed by atoms with Gasteiger partial charge in [0.25, 0.3) is 0 Å². The van der Waals surface area contributed by atoms with Gasteiger partial charge in [-0.3, -0.25) is 0 Å². The van der Waals surface area contributed by atoms with Gasteiger partial charge in [-0.25, -0.2) is 4.79 Å². The van der Waals surface area contributed by atoms with E-state index in [1.54, 1.807) is 0 Å². The van der Waals surface area contributed by atoms with Crippen molar-refractivity contribution in [1.82, 2.24) is 6.15 Å². The molecule has 8 heavy (non-hydrogen) atoms. The molecule has 0 saturated carbocycles. The van der Waals surface area contributed by atoms with Crippen molar-refractivity contribution in [2.75, 3.05) is 6.61 Å². The Hall–Kier alpha value is -1.03. The smallest absolute Gasteiger partial charge is 0.450 e. The van der Waals surface area contributed by atoms with Gasteiger partial charge >= 0.3 is 6.16 Å². The first-order valence-corrected chi connectivity index (χ1v) is 1.74. The maximum Gasteiger partial charge on any atom is 0.506 e. The van der Waals surface area contributed by atoms with Crippen LogP contribution in [0.3, 0.4) is 0 Å². The van der Waals surface area contributed by atoms with Crippen LogP contribution in [0.25, 0.3) is 0 Å². The topological polar surface area (TPSA) is 81.5 Å². The van der Waals surface area contributed by atoms with Crippen LogP contribution in [0, 0.1) is 0 Å². The predicted molar refractivity (Wildman–Crippen MR) is 29.2 cm³/mol. The minimum Gasteiger partial charge on any atom is -0.450 e. The standard InChI is InChI=1S/C4H6O3.H3N/c1-2-3-7-4(5)6;/h2H,1,3H2,(H,5,6);1H3. The third-order valence-electron chi connectivity index (χ3n) is 0.325. The van der Waals surface area contributed by atoms with E-state index in [-0.39, 0.29) is 12.8 Å². The summed E-state index contributed by atoms with van der Waals surface area (Å²) in [6.45, 7) is 3.31. The fourth-order valence-corrected chi connectivity index (χ4v) is 0.130. The van der Waals surface area contributed by atoms with E-state index in [1.807, 2.05) is 0 Å². The molecular formula is C4H9NO3. The number of ether oxygens (including phenoxy) is 1. The molecule has 0 aromatic rings. The van der Waals surface area contributed by atoms with E-state index in [2.05, 4.69) is 11.3 Å². The Morgan fingerprint density at radius 2 is 2.38 bits per heavy atom. The van der Waals surface area contributed by atoms with Gasteiger partial charge in [0.2, 0.25) is 0 Å². The second kappa shape index (κ2) is 5.97. The lowest BCUT2D eigenvalue weighted by atomic mass is 10.7. The molecule has 0 aliphatic heterocycles. The number of hydrogen-bond donors (Lipinski definition) is 2. The summed E-state index contributed by atoms with van der Waals surface area (Å²) in [5.41, 5.74) is 0. The maximum absolute atomic E-state index is 9.49. The van der Waals surface area contributed by atoms with Gasteiger partial charge in [-0.15, -0.1) is 0 Å². The van der Waals surface area contributed by atoms with E-state index in [4.69, 9.17) is 5.11 Å². The molecule has 0 saturated heterocycles. The van der Waals surface area contributed by atoms with Crippen molar-refractivity contribution in [2.45, 2.75) is 0 Å². The van der Waals surface area contributed by atoms with E-state index < -0.39 is 6.16 Å². The largest absolute Gasteiger partial charge is 0.506 e. The number of carboxylic acid groups (broad SMARTS) is 1. The highest BCUT2D eigenvalue weighted by Gasteiger charge is 1.87. The Morgan fingerprint density at radius 3 is 2.50 bits per heavy atom. The molecule has 0 bridgehead atoms. The van der Waals surface area contributed by atoms with Gasteiger partial charge in [-0.1, -0.05) is 12.7 Å². The fraction of sp³-hybridized carbons (Fsp3) is 0.250. The number of carbonyl (C=O) groups is 1. The summed E-state index contributed by atoms with van der Waals surface area (Å²) in [4.78, 5) is 9.49. The van der Waals surface area contributed by atoms with Crippen LogP contribution in [0.1, 0.15) is 0 Å². The molecule has 0 atom stereocenters. The summed E-state index contributed by atoms with van der Waals surface area (Å²) in [6.07, 6.45) is 0.105. The van der Waals surface area contributed by atoms with Gasteiger partial charge in [0, 0.05) is 0 Å². The highest BCUT2D eigenvalue weighted by Crippen LogP contribution is 1.73. The molecule has 4 N–H and O–H groups in total. The lowest BCUT2D eigenvalue weighted by Crippen LogP contribution is -1.98. The molecule has 0 unspecified atom stereocenters. The monoisotopic (exact) mass is 119 g/mol. The second-order valence-corrected chi connectivity index (χ2v) is 0.866. The SMILES string of the molecule is C=CCOC(=O)O.N. The molecular weight excluding hydrogens is 110 g/mol. The molecule has 0 aliphatic rings. The predicted octanol–water partition coefficient (Wildman–Crippen LogP) is 1.03. The summed E-state index contributed by atoms with van der Waals surface area (Å²) in [5, 5.41) is 7.77. The zero-order valence-electron chi connectivity index (χ0n) is 4.46. The first-order valence-electron chi connectivity index (χ1n) is 1.74. The molecule has 0 spiro atoms. The van der Waals surface area contributed by atoms with Gasteiger partial charge in [-0.05, 0) is 0 Å². The third kappa shape index (κ3) is 8.88. The lowest BCUT2D eigenvalue weighted by molar-refractivity contribution is 0.102. The molecule has 0 aromatic carbocycles. The fourth-order valence-electron chi connectivity index (χ4n) is 0.130. The van der Waals surface area contributed by atoms with E-state index in [0.717, 1.165) is 0 Å². The van der Waals surface area contributed by atoms with Crippen molar-refractivity contribution in [3.8, 4) is 0 Å². The van der Waals surface area contributed by atoms with Crippen LogP contribution in [0.5, 0.6) is 0 Å². The van der Waals surface area contributed by atoms with E-state index in [1.165, 1.54) is 6.08 Å². The van der Waals surface area contributed by atoms with Gasteiger partial charge in [0.05, 0.1) is 0 Å². The van der Waals surface area contributed by atoms with Gasteiger partial charge in [0.1, 0.15) is 6.61 Å². The van der Waals surface area contributed by atoms with Crippen LogP contribution in [0.15, 0.2) is 12.7 Å². The van der Waals surface area contributed by atoms with Gasteiger partial charge in [0.15, 0.2) is 0 Å². The maximum atomic E-state index is 9.49. The Labute approximate surface area is 47.3 Å². The normalized spacial score (nSPS) is 6.50. The third-order valence-corrected chi connectivity index (χ3v) is 0.325. The Balaban J connectivity index is 0. The highest BCUT2D eigenvalue weighted by atomic mass is 16.7. The Bertz CT molecular complexity index is 81.4. The van der Waals surface area contributed by atoms with Crippen LogP contribution < -0.4 is 6.15 Å². The molecule has 0 amide bonds. The molecule has 48 valence electrons. The molecule has 0 aliphatic carbocycles. The van der Waals surface area contributed by atoms with Crippen molar-refractivity contribution in [2.24, 2.45) is 0 Å². The van der Waals surface area contributed by atoms with Crippen molar-refractivity contribution < 1.29 is 14.6 Å². The summed E-state index contributed by atoms with van der Waals surface area (Å²) in [7, 11) is 0. The summed E-state index contributed by atoms with van der Waals surface area (Å²) in [5.74, 6) is 0. The first-order chi connectivity index (χ1) is 3.27. The molecule has 0 rings (SSSR count). The summed E-state index contributed by atoms with van der Waals surface area (Å²) < 4.78 is 3.99. The van der Waals surface area contributed by atoms with E-state index >= 15 is 0 Å². The molecule has 4 nitrogen and oxygen atoms in total. The first kappa shape index (κ1) is 10.1. The van der Waals surface area contributed by atoms with Crippen LogP contribution >= 0.6 is 0 Å². The molecule has 0 fully saturated rings. The Morgan fingerprint density at radius 1 is 1.88 bits per heavy atom. The van der Waals surface area contributed by atoms with Crippen molar-refractivity contribution in [3.05, 3.63) is 12.7 Å². The quantitative estimate of drug-likeness (QED) is 0.420. The molecule has 4 heteroatoms. The van der Waals surface area contributed by atoms with Crippen molar-refractivity contribution in [1.29, 1.82) is 0 Å². The number of rotatable bonds is 2. The number of hydrogen-bond acceptors (Lipinski definition) is 3. The average Bonchev–Trinajstić information content (AvgIpc) is 1.61. The van der Waals surface area contributed by atoms with Crippen LogP contribution in [0.2, 0.25) is 0 Å². The van der Waals surface area contributed by atoms with Crippen molar-refractivity contribution in [3.63, 3.8) is 0 Å². The van der Waals surface area contributed by atoms with Crippen LogP contribution in [-0.4, -0.2) is 17.9 Å².